The summed E-state index contributed by atoms with van der Waals surface area (Å²) < 4.78 is 5.28. The van der Waals surface area contributed by atoms with E-state index in [-0.39, 0.29) is 6.10 Å². The van der Waals surface area contributed by atoms with Crippen LogP contribution < -0.4 is 0 Å². The predicted octanol–water partition coefficient (Wildman–Crippen LogP) is 1.70. The average molecular weight is 165 g/mol. The first-order valence-electron chi connectivity index (χ1n) is 3.97. The maximum absolute atomic E-state index is 5.28. The van der Waals surface area contributed by atoms with Gasteiger partial charge < -0.3 is 4.74 Å². The summed E-state index contributed by atoms with van der Waals surface area (Å²) in [6.45, 7) is 8.27. The van der Waals surface area contributed by atoms with E-state index in [1.54, 1.807) is 12.4 Å². The highest BCUT2D eigenvalue weighted by atomic mass is 16.5. The number of hydrogen-bond acceptors (Lipinski definition) is 3. The average Bonchev–Trinajstić information content (AvgIpc) is 2.06. The lowest BCUT2D eigenvalue weighted by Gasteiger charge is -2.10. The van der Waals surface area contributed by atoms with Crippen molar-refractivity contribution >= 4 is 0 Å². The van der Waals surface area contributed by atoms with Gasteiger partial charge in [-0.3, -0.25) is 0 Å². The summed E-state index contributed by atoms with van der Waals surface area (Å²) in [5.41, 5.74) is 0.919. The Bertz CT molecular complexity index is 233. The smallest absolute Gasteiger partial charge is 0.125 e. The number of ether oxygens (including phenoxy) is 1. The molecule has 0 saturated heterocycles. The zero-order valence-electron chi connectivity index (χ0n) is 7.45. The van der Waals surface area contributed by atoms with Gasteiger partial charge in [-0.05, 0) is 20.8 Å². The molecule has 0 bridgehead atoms. The van der Waals surface area contributed by atoms with Crippen molar-refractivity contribution < 1.29 is 4.74 Å². The van der Waals surface area contributed by atoms with E-state index in [2.05, 4.69) is 16.9 Å². The van der Waals surface area contributed by atoms with Gasteiger partial charge in [0.25, 0.3) is 0 Å². The molecule has 1 heterocycles. The van der Waals surface area contributed by atoms with Crippen LogP contribution in [0.1, 0.15) is 24.4 Å². The second kappa shape index (κ2) is 4.16. The Balaban J connectivity index is 2.68. The number of hydrogen-bond donors (Lipinski definition) is 0. The van der Waals surface area contributed by atoms with E-state index >= 15 is 0 Å². The lowest BCUT2D eigenvalue weighted by atomic mass is 10.2. The molecule has 1 rings (SSSR count). The molecular weight excluding hydrogens is 152 g/mol. The van der Waals surface area contributed by atoms with E-state index in [0.29, 0.717) is 6.61 Å². The molecule has 0 spiro atoms. The molecular formula is C9H13N2O. The van der Waals surface area contributed by atoms with Gasteiger partial charge in [0, 0.05) is 24.6 Å². The fraction of sp³-hybridized carbons (Fsp3) is 0.444. The quantitative estimate of drug-likeness (QED) is 0.683. The van der Waals surface area contributed by atoms with Gasteiger partial charge in [0.05, 0.1) is 6.10 Å². The molecule has 0 amide bonds. The van der Waals surface area contributed by atoms with Crippen molar-refractivity contribution in [2.75, 3.05) is 6.61 Å². The summed E-state index contributed by atoms with van der Waals surface area (Å²) in [5, 5.41) is 0. The minimum absolute atomic E-state index is 0.157. The fourth-order valence-electron chi connectivity index (χ4n) is 0.866. The Kier molecular flexibility index (Phi) is 3.17. The van der Waals surface area contributed by atoms with E-state index in [9.17, 15) is 0 Å². The minimum atomic E-state index is -0.157. The summed E-state index contributed by atoms with van der Waals surface area (Å²) in [6.07, 6.45) is 3.33. The molecule has 0 fully saturated rings. The van der Waals surface area contributed by atoms with Crippen LogP contribution in [0, 0.1) is 13.8 Å². The van der Waals surface area contributed by atoms with Crippen molar-refractivity contribution in [1.29, 1.82) is 0 Å². The molecule has 0 N–H and O–H groups in total. The number of rotatable bonds is 3. The van der Waals surface area contributed by atoms with E-state index in [1.165, 1.54) is 0 Å². The topological polar surface area (TPSA) is 35.0 Å². The van der Waals surface area contributed by atoms with Gasteiger partial charge in [0.15, 0.2) is 0 Å². The number of aryl methyl sites for hydroxylation is 1. The highest BCUT2D eigenvalue weighted by molar-refractivity contribution is 5.09. The maximum Gasteiger partial charge on any atom is 0.125 e. The summed E-state index contributed by atoms with van der Waals surface area (Å²) in [4.78, 5) is 8.10. The number of nitrogens with zero attached hydrogens (tertiary/aromatic N) is 2. The molecule has 1 aromatic heterocycles. The lowest BCUT2D eigenvalue weighted by molar-refractivity contribution is 0.0943. The largest absolute Gasteiger partial charge is 0.374 e. The van der Waals surface area contributed by atoms with Crippen LogP contribution in [0.25, 0.3) is 0 Å². The van der Waals surface area contributed by atoms with Crippen LogP contribution in [0.4, 0.5) is 0 Å². The molecule has 1 atom stereocenters. The van der Waals surface area contributed by atoms with Gasteiger partial charge in [0.1, 0.15) is 5.82 Å². The van der Waals surface area contributed by atoms with Gasteiger partial charge >= 0.3 is 0 Å². The molecule has 3 heteroatoms. The van der Waals surface area contributed by atoms with Gasteiger partial charge in [-0.25, -0.2) is 9.97 Å². The Morgan fingerprint density at radius 2 is 2.08 bits per heavy atom. The Labute approximate surface area is 72.8 Å². The molecule has 0 saturated carbocycles. The van der Waals surface area contributed by atoms with Crippen LogP contribution in [-0.2, 0) is 4.74 Å². The monoisotopic (exact) mass is 165 g/mol. The van der Waals surface area contributed by atoms with Gasteiger partial charge in [-0.1, -0.05) is 0 Å². The standard InChI is InChI=1S/C9H13N2O/c1-4-12-7(2)9-5-10-8(3)11-6-9/h5-7H,2,4H2,1,3H3. The van der Waals surface area contributed by atoms with Crippen molar-refractivity contribution in [3.8, 4) is 0 Å². The third-order valence-corrected chi connectivity index (χ3v) is 1.54. The van der Waals surface area contributed by atoms with Gasteiger partial charge in [-0.15, -0.1) is 0 Å². The zero-order valence-corrected chi connectivity index (χ0v) is 7.45. The molecule has 12 heavy (non-hydrogen) atoms. The predicted molar refractivity (Wildman–Crippen MR) is 46.5 cm³/mol. The Morgan fingerprint density at radius 3 is 2.58 bits per heavy atom. The van der Waals surface area contributed by atoms with Gasteiger partial charge in [0.2, 0.25) is 0 Å². The molecule has 0 aromatic carbocycles. The van der Waals surface area contributed by atoms with Crippen molar-refractivity contribution in [3.05, 3.63) is 30.7 Å². The first-order chi connectivity index (χ1) is 5.74. The summed E-state index contributed by atoms with van der Waals surface area (Å²) in [6, 6.07) is 0. The van der Waals surface area contributed by atoms with Crippen LogP contribution in [0.2, 0.25) is 0 Å². The fourth-order valence-corrected chi connectivity index (χ4v) is 0.866. The van der Waals surface area contributed by atoms with Crippen LogP contribution in [-0.4, -0.2) is 16.6 Å². The highest BCUT2D eigenvalue weighted by Crippen LogP contribution is 2.13. The van der Waals surface area contributed by atoms with E-state index in [1.807, 2.05) is 13.8 Å². The summed E-state index contributed by atoms with van der Waals surface area (Å²) in [7, 11) is 0. The van der Waals surface area contributed by atoms with Crippen LogP contribution in [0.5, 0.6) is 0 Å². The van der Waals surface area contributed by atoms with Crippen molar-refractivity contribution in [2.24, 2.45) is 0 Å². The first-order valence-corrected chi connectivity index (χ1v) is 3.97. The summed E-state index contributed by atoms with van der Waals surface area (Å²) in [5.74, 6) is 0.766. The normalized spacial score (nSPS) is 12.9. The van der Waals surface area contributed by atoms with Gasteiger partial charge in [-0.2, -0.15) is 0 Å². The first kappa shape index (κ1) is 9.13. The second-order valence-electron chi connectivity index (χ2n) is 2.51. The second-order valence-corrected chi connectivity index (χ2v) is 2.51. The molecule has 65 valence electrons. The van der Waals surface area contributed by atoms with Crippen molar-refractivity contribution in [3.63, 3.8) is 0 Å². The van der Waals surface area contributed by atoms with Crippen LogP contribution >= 0.6 is 0 Å². The Hall–Kier alpha value is -0.960. The highest BCUT2D eigenvalue weighted by Gasteiger charge is 2.04. The summed E-state index contributed by atoms with van der Waals surface area (Å²) >= 11 is 0. The molecule has 0 aliphatic carbocycles. The van der Waals surface area contributed by atoms with Crippen LogP contribution in [0.3, 0.4) is 0 Å². The molecule has 1 aromatic rings. The third-order valence-electron chi connectivity index (χ3n) is 1.54. The van der Waals surface area contributed by atoms with Crippen LogP contribution in [0.15, 0.2) is 12.4 Å². The van der Waals surface area contributed by atoms with E-state index in [4.69, 9.17) is 4.74 Å². The zero-order chi connectivity index (χ0) is 8.97. The van der Waals surface area contributed by atoms with E-state index in [0.717, 1.165) is 11.4 Å². The molecule has 1 unspecified atom stereocenters. The Morgan fingerprint density at radius 1 is 1.50 bits per heavy atom. The molecule has 0 aliphatic rings. The molecule has 1 radical (unpaired) electrons. The minimum Gasteiger partial charge on any atom is -0.374 e. The molecule has 3 nitrogen and oxygen atoms in total. The SMILES string of the molecule is [CH2]C(OCC)c1cnc(C)nc1. The van der Waals surface area contributed by atoms with Crippen molar-refractivity contribution in [2.45, 2.75) is 20.0 Å². The molecule has 0 aliphatic heterocycles. The van der Waals surface area contributed by atoms with E-state index < -0.39 is 0 Å². The maximum atomic E-state index is 5.28. The third kappa shape index (κ3) is 2.27. The number of aromatic nitrogens is 2. The lowest BCUT2D eigenvalue weighted by Crippen LogP contribution is -2.01. The van der Waals surface area contributed by atoms with Crippen molar-refractivity contribution in [1.82, 2.24) is 9.97 Å².